The highest BCUT2D eigenvalue weighted by atomic mass is 35.5. The van der Waals surface area contributed by atoms with Gasteiger partial charge in [0.1, 0.15) is 6.10 Å². The molecule has 0 fully saturated rings. The zero-order chi connectivity index (χ0) is 21.0. The number of nitrogens with two attached hydrogens (primary N) is 1. The second kappa shape index (κ2) is 8.84. The Morgan fingerprint density at radius 3 is 2.69 bits per heavy atom. The Kier molecular flexibility index (Phi) is 6.24. The number of carbonyl (C=O) groups excluding carboxylic acids is 1. The van der Waals surface area contributed by atoms with E-state index in [9.17, 15) is 4.79 Å². The van der Waals surface area contributed by atoms with Gasteiger partial charge in [0, 0.05) is 43.3 Å². The molecule has 1 atom stereocenters. The van der Waals surface area contributed by atoms with Crippen molar-refractivity contribution < 1.29 is 9.53 Å². The zero-order valence-corrected chi connectivity index (χ0v) is 17.3. The van der Waals surface area contributed by atoms with Crippen LogP contribution in [0.25, 0.3) is 0 Å². The molecule has 0 saturated carbocycles. The van der Waals surface area contributed by atoms with Crippen molar-refractivity contribution in [2.75, 3.05) is 30.0 Å². The molecule has 0 radical (unpaired) electrons. The van der Waals surface area contributed by atoms with Gasteiger partial charge in [-0.05, 0) is 42.8 Å². The molecule has 0 unspecified atom stereocenters. The van der Waals surface area contributed by atoms with Crippen LogP contribution in [0.15, 0.2) is 60.8 Å². The molecule has 3 N–H and O–H groups in total. The summed E-state index contributed by atoms with van der Waals surface area (Å²) in [6.45, 7) is 1.89. The van der Waals surface area contributed by atoms with Gasteiger partial charge in [-0.15, -0.1) is 0 Å². The summed E-state index contributed by atoms with van der Waals surface area (Å²) in [5.41, 5.74) is 8.96. The van der Waals surface area contributed by atoms with Crippen molar-refractivity contribution in [1.29, 1.82) is 0 Å². The van der Waals surface area contributed by atoms with E-state index in [4.69, 9.17) is 22.1 Å². The third-order valence-corrected chi connectivity index (χ3v) is 4.60. The van der Waals surface area contributed by atoms with Crippen molar-refractivity contribution in [3.05, 3.63) is 76.9 Å². The molecule has 29 heavy (non-hydrogen) atoms. The summed E-state index contributed by atoms with van der Waals surface area (Å²) in [7, 11) is 3.87. The zero-order valence-electron chi connectivity index (χ0n) is 16.5. The smallest absolute Gasteiger partial charge is 0.255 e. The van der Waals surface area contributed by atoms with Gasteiger partial charge in [-0.2, -0.15) is 0 Å². The van der Waals surface area contributed by atoms with Gasteiger partial charge in [-0.1, -0.05) is 29.8 Å². The van der Waals surface area contributed by atoms with E-state index in [1.807, 2.05) is 68.4 Å². The molecule has 7 heteroatoms. The molecular formula is C22H23ClN4O2. The fraction of sp³-hybridized carbons (Fsp3) is 0.182. The van der Waals surface area contributed by atoms with Crippen LogP contribution in [-0.2, 0) is 0 Å². The lowest BCUT2D eigenvalue weighted by molar-refractivity contribution is 0.102. The van der Waals surface area contributed by atoms with E-state index in [0.29, 0.717) is 22.0 Å². The van der Waals surface area contributed by atoms with Gasteiger partial charge in [-0.25, -0.2) is 4.98 Å². The van der Waals surface area contributed by atoms with Crippen molar-refractivity contribution >= 4 is 34.7 Å². The fourth-order valence-corrected chi connectivity index (χ4v) is 2.93. The van der Waals surface area contributed by atoms with Crippen LogP contribution in [-0.4, -0.2) is 25.0 Å². The minimum Gasteiger partial charge on any atom is -0.482 e. The third-order valence-electron chi connectivity index (χ3n) is 4.39. The molecule has 150 valence electrons. The van der Waals surface area contributed by atoms with E-state index in [2.05, 4.69) is 10.3 Å². The summed E-state index contributed by atoms with van der Waals surface area (Å²) in [6.07, 6.45) is 1.15. The summed E-state index contributed by atoms with van der Waals surface area (Å²) in [5.74, 6) is 0.508. The maximum absolute atomic E-state index is 12.6. The molecular weight excluding hydrogens is 388 g/mol. The summed E-state index contributed by atoms with van der Waals surface area (Å²) in [5, 5.41) is 3.38. The number of amides is 1. The maximum Gasteiger partial charge on any atom is 0.255 e. The molecule has 3 rings (SSSR count). The quantitative estimate of drug-likeness (QED) is 0.611. The van der Waals surface area contributed by atoms with Crippen LogP contribution in [0, 0.1) is 0 Å². The molecule has 6 nitrogen and oxygen atoms in total. The predicted molar refractivity (Wildman–Crippen MR) is 118 cm³/mol. The van der Waals surface area contributed by atoms with Crippen molar-refractivity contribution in [3.63, 3.8) is 0 Å². The molecule has 3 aromatic rings. The third kappa shape index (κ3) is 5.18. The highest BCUT2D eigenvalue weighted by Gasteiger charge is 2.13. The largest absolute Gasteiger partial charge is 0.482 e. The van der Waals surface area contributed by atoms with E-state index in [-0.39, 0.29) is 17.8 Å². The number of nitrogen functional groups attached to an aromatic ring is 1. The first-order valence-electron chi connectivity index (χ1n) is 9.10. The van der Waals surface area contributed by atoms with Crippen LogP contribution < -0.4 is 20.7 Å². The Labute approximate surface area is 175 Å². The number of rotatable bonds is 6. The van der Waals surface area contributed by atoms with Gasteiger partial charge in [0.15, 0.2) is 11.6 Å². The Morgan fingerprint density at radius 2 is 1.93 bits per heavy atom. The second-order valence-corrected chi connectivity index (χ2v) is 7.26. The van der Waals surface area contributed by atoms with Crippen LogP contribution >= 0.6 is 11.6 Å². The van der Waals surface area contributed by atoms with Gasteiger partial charge in [-0.3, -0.25) is 4.79 Å². The lowest BCUT2D eigenvalue weighted by atomic mass is 10.1. The number of benzene rings is 2. The monoisotopic (exact) mass is 410 g/mol. The minimum absolute atomic E-state index is 0.178. The van der Waals surface area contributed by atoms with E-state index in [1.54, 1.807) is 12.1 Å². The number of aromatic nitrogens is 1. The van der Waals surface area contributed by atoms with E-state index in [0.717, 1.165) is 11.3 Å². The molecule has 1 aromatic heterocycles. The van der Waals surface area contributed by atoms with Crippen LogP contribution in [0.1, 0.15) is 28.9 Å². The second-order valence-electron chi connectivity index (χ2n) is 6.82. The van der Waals surface area contributed by atoms with Gasteiger partial charge >= 0.3 is 0 Å². The molecule has 0 saturated heterocycles. The van der Waals surface area contributed by atoms with Crippen molar-refractivity contribution in [2.45, 2.75) is 13.0 Å². The van der Waals surface area contributed by atoms with E-state index >= 15 is 0 Å². The molecule has 0 spiro atoms. The van der Waals surface area contributed by atoms with E-state index < -0.39 is 0 Å². The standard InChI is InChI=1S/C22H23ClN4O2/c1-14(29-20-12-17(23)13-25-21(20)24)15-6-4-8-18(10-15)26-22(28)16-7-5-9-19(11-16)27(2)3/h4-14H,1-3H3,(H2,24,25)(H,26,28)/t14-/m1/s1. The Balaban J connectivity index is 1.74. The number of nitrogens with zero attached hydrogens (tertiary/aromatic N) is 2. The fourth-order valence-electron chi connectivity index (χ4n) is 2.78. The number of ether oxygens (including phenoxy) is 1. The highest BCUT2D eigenvalue weighted by Crippen LogP contribution is 2.29. The molecule has 0 bridgehead atoms. The number of carbonyl (C=O) groups is 1. The van der Waals surface area contributed by atoms with Gasteiger partial charge in [0.25, 0.3) is 5.91 Å². The lowest BCUT2D eigenvalue weighted by Gasteiger charge is -2.17. The molecule has 1 amide bonds. The van der Waals surface area contributed by atoms with Crippen LogP contribution in [0.4, 0.5) is 17.2 Å². The minimum atomic E-state index is -0.313. The number of hydrogen-bond acceptors (Lipinski definition) is 5. The number of anilines is 3. The van der Waals surface area contributed by atoms with E-state index in [1.165, 1.54) is 6.20 Å². The molecule has 0 aliphatic heterocycles. The first-order chi connectivity index (χ1) is 13.8. The first kappa shape index (κ1) is 20.5. The average molecular weight is 411 g/mol. The van der Waals surface area contributed by atoms with Crippen molar-refractivity contribution in [1.82, 2.24) is 4.98 Å². The molecule has 2 aromatic carbocycles. The van der Waals surface area contributed by atoms with Crippen LogP contribution in [0.5, 0.6) is 5.75 Å². The summed E-state index contributed by atoms with van der Waals surface area (Å²) < 4.78 is 5.91. The van der Waals surface area contributed by atoms with Gasteiger partial charge in [0.05, 0.1) is 5.02 Å². The first-order valence-corrected chi connectivity index (χ1v) is 9.47. The molecule has 0 aliphatic carbocycles. The Bertz CT molecular complexity index is 1020. The summed E-state index contributed by atoms with van der Waals surface area (Å²) in [4.78, 5) is 18.6. The predicted octanol–water partition coefficient (Wildman–Crippen LogP) is 4.78. The van der Waals surface area contributed by atoms with Crippen LogP contribution in [0.2, 0.25) is 5.02 Å². The average Bonchev–Trinajstić information content (AvgIpc) is 2.71. The number of halogens is 1. The maximum atomic E-state index is 12.6. The topological polar surface area (TPSA) is 80.5 Å². The number of hydrogen-bond donors (Lipinski definition) is 2. The van der Waals surface area contributed by atoms with Gasteiger partial charge < -0.3 is 20.7 Å². The Morgan fingerprint density at radius 1 is 1.17 bits per heavy atom. The highest BCUT2D eigenvalue weighted by molar-refractivity contribution is 6.30. The summed E-state index contributed by atoms with van der Waals surface area (Å²) >= 11 is 5.97. The van der Waals surface area contributed by atoms with Gasteiger partial charge in [0.2, 0.25) is 0 Å². The number of pyridine rings is 1. The number of nitrogens with one attached hydrogen (secondary N) is 1. The molecule has 0 aliphatic rings. The molecule has 1 heterocycles. The van der Waals surface area contributed by atoms with Crippen LogP contribution in [0.3, 0.4) is 0 Å². The Hall–Kier alpha value is -3.25. The van der Waals surface area contributed by atoms with Crippen molar-refractivity contribution in [3.8, 4) is 5.75 Å². The SMILES string of the molecule is C[C@@H](Oc1cc(Cl)cnc1N)c1cccc(NC(=O)c2cccc(N(C)C)c2)c1. The normalized spacial score (nSPS) is 11.6. The lowest BCUT2D eigenvalue weighted by Crippen LogP contribution is -2.14. The van der Waals surface area contributed by atoms with Crippen molar-refractivity contribution in [2.24, 2.45) is 0 Å². The summed E-state index contributed by atoms with van der Waals surface area (Å²) in [6, 6.07) is 16.6.